The van der Waals surface area contributed by atoms with Gasteiger partial charge in [0, 0.05) is 36.4 Å². The van der Waals surface area contributed by atoms with Gasteiger partial charge in [-0.1, -0.05) is 6.07 Å². The SMILES string of the molecule is O=C(C[C@@H](c1ccc(OC(F)(F)F)c(F)c1)c1ncccc1F)c1ccc(=O)n(C[C@@H](O)C(F)(F)F)c1. The van der Waals surface area contributed by atoms with Crippen molar-refractivity contribution in [1.82, 2.24) is 9.55 Å². The van der Waals surface area contributed by atoms with E-state index in [1.165, 1.54) is 6.07 Å². The Balaban J connectivity index is 1.97. The van der Waals surface area contributed by atoms with Gasteiger partial charge in [-0.2, -0.15) is 13.2 Å². The third kappa shape index (κ3) is 7.12. The molecule has 0 fully saturated rings. The molecule has 0 saturated heterocycles. The molecule has 2 atom stereocenters. The highest BCUT2D eigenvalue weighted by atomic mass is 19.4. The molecule has 0 aliphatic rings. The highest BCUT2D eigenvalue weighted by Crippen LogP contribution is 2.34. The second-order valence-electron chi connectivity index (χ2n) is 7.75. The van der Waals surface area contributed by atoms with Crippen molar-refractivity contribution < 1.29 is 49.8 Å². The van der Waals surface area contributed by atoms with Gasteiger partial charge in [-0.05, 0) is 35.9 Å². The predicted octanol–water partition coefficient (Wildman–Crippen LogP) is 4.75. The molecule has 2 aromatic heterocycles. The fourth-order valence-electron chi connectivity index (χ4n) is 3.40. The highest BCUT2D eigenvalue weighted by molar-refractivity contribution is 5.96. The van der Waals surface area contributed by atoms with Crippen molar-refractivity contribution in [2.45, 2.75) is 37.5 Å². The maximum Gasteiger partial charge on any atom is 0.573 e. The summed E-state index contributed by atoms with van der Waals surface area (Å²) in [7, 11) is 0. The maximum absolute atomic E-state index is 14.5. The zero-order valence-corrected chi connectivity index (χ0v) is 18.4. The molecular formula is C23H16F8N2O4. The van der Waals surface area contributed by atoms with E-state index in [0.717, 1.165) is 36.7 Å². The fraction of sp³-hybridized carbons (Fsp3) is 0.261. The number of carbonyl (C=O) groups is 1. The standard InChI is InChI=1S/C23H16F8N2O4/c24-15-2-1-7-32-21(15)14(12-3-5-18(16(25)8-12)37-23(29,30)31)9-17(34)13-4-6-20(36)33(10-13)11-19(35)22(26,27)28/h1-8,10,14,19,35H,9,11H2/t14-,19+/m0/s1. The van der Waals surface area contributed by atoms with E-state index in [2.05, 4.69) is 9.72 Å². The molecule has 2 heterocycles. The Morgan fingerprint density at radius 1 is 1.03 bits per heavy atom. The summed E-state index contributed by atoms with van der Waals surface area (Å²) in [4.78, 5) is 28.7. The molecule has 14 heteroatoms. The number of benzene rings is 1. The smallest absolute Gasteiger partial charge is 0.403 e. The van der Waals surface area contributed by atoms with Crippen molar-refractivity contribution in [3.8, 4) is 5.75 Å². The minimum atomic E-state index is -5.19. The van der Waals surface area contributed by atoms with E-state index >= 15 is 0 Å². The lowest BCUT2D eigenvalue weighted by Crippen LogP contribution is -2.36. The molecule has 6 nitrogen and oxygen atoms in total. The third-order valence-electron chi connectivity index (χ3n) is 5.14. The van der Waals surface area contributed by atoms with Crippen molar-refractivity contribution in [2.75, 3.05) is 0 Å². The van der Waals surface area contributed by atoms with E-state index in [0.29, 0.717) is 16.7 Å². The van der Waals surface area contributed by atoms with Crippen LogP contribution in [0, 0.1) is 11.6 Å². The van der Waals surface area contributed by atoms with Crippen LogP contribution in [0.3, 0.4) is 0 Å². The molecule has 0 aliphatic carbocycles. The molecule has 0 saturated carbocycles. The summed E-state index contributed by atoms with van der Waals surface area (Å²) in [5.74, 6) is -5.74. The molecule has 0 unspecified atom stereocenters. The Morgan fingerprint density at radius 3 is 2.32 bits per heavy atom. The van der Waals surface area contributed by atoms with Gasteiger partial charge in [-0.3, -0.25) is 14.6 Å². The first-order chi connectivity index (χ1) is 17.2. The molecule has 1 aromatic carbocycles. The molecule has 0 radical (unpaired) electrons. The summed E-state index contributed by atoms with van der Waals surface area (Å²) in [6.07, 6.45) is -11.8. The van der Waals surface area contributed by atoms with E-state index < -0.39 is 66.3 Å². The number of nitrogens with zero attached hydrogens (tertiary/aromatic N) is 2. The van der Waals surface area contributed by atoms with Gasteiger partial charge in [0.15, 0.2) is 23.5 Å². The number of aliphatic hydroxyl groups excluding tert-OH is 1. The van der Waals surface area contributed by atoms with Crippen LogP contribution in [0.2, 0.25) is 0 Å². The average molecular weight is 536 g/mol. The fourth-order valence-corrected chi connectivity index (χ4v) is 3.40. The van der Waals surface area contributed by atoms with Crippen molar-refractivity contribution in [3.63, 3.8) is 0 Å². The quantitative estimate of drug-likeness (QED) is 0.332. The third-order valence-corrected chi connectivity index (χ3v) is 5.14. The molecule has 0 spiro atoms. The maximum atomic E-state index is 14.5. The summed E-state index contributed by atoms with van der Waals surface area (Å²) in [6, 6.07) is 6.19. The summed E-state index contributed by atoms with van der Waals surface area (Å²) in [6.45, 7) is -1.20. The van der Waals surface area contributed by atoms with Gasteiger partial charge in [-0.15, -0.1) is 13.2 Å². The Labute approximate surface area is 202 Å². The Bertz CT molecular complexity index is 1340. The lowest BCUT2D eigenvalue weighted by molar-refractivity contribution is -0.275. The minimum absolute atomic E-state index is 0.154. The lowest BCUT2D eigenvalue weighted by atomic mass is 9.88. The number of aliphatic hydroxyl groups is 1. The van der Waals surface area contributed by atoms with Crippen LogP contribution in [-0.4, -0.2) is 39.1 Å². The summed E-state index contributed by atoms with van der Waals surface area (Å²) in [5, 5.41) is 9.25. The number of pyridine rings is 2. The predicted molar refractivity (Wildman–Crippen MR) is 111 cm³/mol. The molecule has 198 valence electrons. The Hall–Kier alpha value is -3.81. The van der Waals surface area contributed by atoms with Gasteiger partial charge in [0.05, 0.1) is 12.2 Å². The van der Waals surface area contributed by atoms with Gasteiger partial charge < -0.3 is 14.4 Å². The first kappa shape index (κ1) is 27.8. The van der Waals surface area contributed by atoms with Crippen LogP contribution in [0.25, 0.3) is 0 Å². The number of hydrogen-bond acceptors (Lipinski definition) is 5. The largest absolute Gasteiger partial charge is 0.573 e. The van der Waals surface area contributed by atoms with E-state index in [1.54, 1.807) is 0 Å². The van der Waals surface area contributed by atoms with Crippen LogP contribution in [0.1, 0.15) is 34.0 Å². The van der Waals surface area contributed by atoms with E-state index in [-0.39, 0.29) is 16.8 Å². The van der Waals surface area contributed by atoms with Crippen LogP contribution in [-0.2, 0) is 6.54 Å². The van der Waals surface area contributed by atoms with Crippen molar-refractivity contribution in [2.24, 2.45) is 0 Å². The number of ketones is 1. The molecule has 37 heavy (non-hydrogen) atoms. The zero-order valence-electron chi connectivity index (χ0n) is 18.4. The normalized spacial score (nSPS) is 13.8. The molecule has 0 bridgehead atoms. The number of Topliss-reactive ketones (excluding diaryl/α,β-unsaturated/α-hetero) is 1. The van der Waals surface area contributed by atoms with Gasteiger partial charge in [0.25, 0.3) is 5.56 Å². The number of aromatic nitrogens is 2. The topological polar surface area (TPSA) is 81.4 Å². The molecule has 1 N–H and O–H groups in total. The van der Waals surface area contributed by atoms with E-state index in [9.17, 15) is 49.8 Å². The number of carbonyl (C=O) groups excluding carboxylic acids is 1. The number of alkyl halides is 6. The summed E-state index contributed by atoms with van der Waals surface area (Å²) < 4.78 is 108. The molecule has 0 amide bonds. The van der Waals surface area contributed by atoms with Gasteiger partial charge in [0.1, 0.15) is 5.82 Å². The van der Waals surface area contributed by atoms with Crippen molar-refractivity contribution in [3.05, 3.63) is 93.7 Å². The highest BCUT2D eigenvalue weighted by Gasteiger charge is 2.38. The number of hydrogen-bond donors (Lipinski definition) is 1. The van der Waals surface area contributed by atoms with Crippen molar-refractivity contribution >= 4 is 5.78 Å². The first-order valence-corrected chi connectivity index (χ1v) is 10.3. The van der Waals surface area contributed by atoms with Crippen molar-refractivity contribution in [1.29, 1.82) is 0 Å². The summed E-state index contributed by atoms with van der Waals surface area (Å²) >= 11 is 0. The lowest BCUT2D eigenvalue weighted by Gasteiger charge is -2.19. The van der Waals surface area contributed by atoms with Gasteiger partial charge in [0.2, 0.25) is 0 Å². The van der Waals surface area contributed by atoms with E-state index in [4.69, 9.17) is 0 Å². The average Bonchev–Trinajstić information content (AvgIpc) is 2.79. The minimum Gasteiger partial charge on any atom is -0.403 e. The molecular weight excluding hydrogens is 520 g/mol. The van der Waals surface area contributed by atoms with Crippen LogP contribution in [0.5, 0.6) is 5.75 Å². The van der Waals surface area contributed by atoms with Gasteiger partial charge in [-0.25, -0.2) is 8.78 Å². The number of ether oxygens (including phenoxy) is 1. The first-order valence-electron chi connectivity index (χ1n) is 10.3. The van der Waals surface area contributed by atoms with E-state index in [1.807, 2.05) is 0 Å². The second kappa shape index (κ2) is 10.7. The van der Waals surface area contributed by atoms with Crippen LogP contribution < -0.4 is 10.3 Å². The second-order valence-corrected chi connectivity index (χ2v) is 7.75. The number of halogens is 8. The Kier molecular flexibility index (Phi) is 8.00. The Morgan fingerprint density at radius 2 is 1.73 bits per heavy atom. The number of rotatable bonds is 8. The molecule has 3 rings (SSSR count). The van der Waals surface area contributed by atoms with Crippen LogP contribution in [0.4, 0.5) is 35.1 Å². The summed E-state index contributed by atoms with van der Waals surface area (Å²) in [5.41, 5.74) is -1.76. The zero-order chi connectivity index (χ0) is 27.5. The molecule has 0 aliphatic heterocycles. The van der Waals surface area contributed by atoms with Crippen LogP contribution in [0.15, 0.2) is 59.7 Å². The molecule has 3 aromatic rings. The van der Waals surface area contributed by atoms with Crippen LogP contribution >= 0.6 is 0 Å². The van der Waals surface area contributed by atoms with Gasteiger partial charge >= 0.3 is 12.5 Å². The monoisotopic (exact) mass is 536 g/mol.